The molecule has 0 aliphatic heterocycles. The van der Waals surface area contributed by atoms with Crippen molar-refractivity contribution in [3.63, 3.8) is 0 Å². The second kappa shape index (κ2) is 7.79. The number of benzene rings is 1. The van der Waals surface area contributed by atoms with Gasteiger partial charge < -0.3 is 16.0 Å². The van der Waals surface area contributed by atoms with Gasteiger partial charge in [0.1, 0.15) is 0 Å². The normalized spacial score (nSPS) is 12.4. The predicted octanol–water partition coefficient (Wildman–Crippen LogP) is 2.12. The van der Waals surface area contributed by atoms with Crippen LogP contribution in [-0.2, 0) is 0 Å². The molecule has 0 heterocycles. The highest BCUT2D eigenvalue weighted by Gasteiger charge is 2.11. The first-order valence-electron chi connectivity index (χ1n) is 6.96. The Balaban J connectivity index is 2.41. The predicted molar refractivity (Wildman–Crippen MR) is 80.2 cm³/mol. The third kappa shape index (κ3) is 4.56. The smallest absolute Gasteiger partial charge is 0.253 e. The maximum Gasteiger partial charge on any atom is 0.253 e. The summed E-state index contributed by atoms with van der Waals surface area (Å²) in [5.41, 5.74) is 6.85. The number of nitrogens with one attached hydrogen (secondary N) is 1. The molecule has 1 atom stereocenters. The van der Waals surface area contributed by atoms with E-state index in [1.807, 2.05) is 12.1 Å². The first-order chi connectivity index (χ1) is 9.10. The molecule has 0 bridgehead atoms. The van der Waals surface area contributed by atoms with Crippen LogP contribution in [0.3, 0.4) is 0 Å². The van der Waals surface area contributed by atoms with Crippen LogP contribution >= 0.6 is 0 Å². The summed E-state index contributed by atoms with van der Waals surface area (Å²) in [5.74, 6) is -0.0927. The van der Waals surface area contributed by atoms with Gasteiger partial charge in [0.2, 0.25) is 0 Å². The highest BCUT2D eigenvalue weighted by Crippen LogP contribution is 2.10. The van der Waals surface area contributed by atoms with E-state index in [1.54, 1.807) is 12.1 Å². The van der Waals surface area contributed by atoms with E-state index in [1.165, 1.54) is 0 Å². The number of nitrogens with zero attached hydrogens (tertiary/aromatic N) is 1. The summed E-state index contributed by atoms with van der Waals surface area (Å²) in [6.07, 6.45) is 0.945. The molecule has 1 rings (SSSR count). The Morgan fingerprint density at radius 2 is 1.95 bits per heavy atom. The van der Waals surface area contributed by atoms with Gasteiger partial charge >= 0.3 is 0 Å². The third-order valence-electron chi connectivity index (χ3n) is 3.49. The minimum Gasteiger partial charge on any atom is -0.398 e. The summed E-state index contributed by atoms with van der Waals surface area (Å²) in [5, 5.41) is 2.93. The zero-order valence-electron chi connectivity index (χ0n) is 12.1. The summed E-state index contributed by atoms with van der Waals surface area (Å²) < 4.78 is 0. The van der Waals surface area contributed by atoms with Crippen molar-refractivity contribution in [3.8, 4) is 0 Å². The highest BCUT2D eigenvalue weighted by molar-refractivity contribution is 5.98. The lowest BCUT2D eigenvalue weighted by Crippen LogP contribution is -2.36. The van der Waals surface area contributed by atoms with E-state index in [4.69, 9.17) is 5.73 Å². The molecule has 0 aliphatic rings. The number of nitrogen functional groups attached to an aromatic ring is 1. The molecule has 3 N–H and O–H groups in total. The van der Waals surface area contributed by atoms with Crippen molar-refractivity contribution in [1.29, 1.82) is 0 Å². The zero-order valence-corrected chi connectivity index (χ0v) is 12.1. The van der Waals surface area contributed by atoms with Gasteiger partial charge in [-0.25, -0.2) is 0 Å². The molecule has 1 aromatic carbocycles. The lowest BCUT2D eigenvalue weighted by atomic mass is 10.1. The van der Waals surface area contributed by atoms with E-state index in [2.05, 4.69) is 31.0 Å². The summed E-state index contributed by atoms with van der Waals surface area (Å²) in [6, 6.07) is 7.62. The molecule has 1 unspecified atom stereocenters. The van der Waals surface area contributed by atoms with Gasteiger partial charge in [0.05, 0.1) is 5.56 Å². The first kappa shape index (κ1) is 15.5. The molecular formula is C15H25N3O. The molecule has 0 saturated carbocycles. The maximum atomic E-state index is 12.0. The molecule has 0 aliphatic carbocycles. The fourth-order valence-electron chi connectivity index (χ4n) is 2.22. The van der Waals surface area contributed by atoms with Crippen LogP contribution < -0.4 is 11.1 Å². The van der Waals surface area contributed by atoms with Crippen molar-refractivity contribution >= 4 is 11.6 Å². The van der Waals surface area contributed by atoms with Gasteiger partial charge in [-0.05, 0) is 38.6 Å². The lowest BCUT2D eigenvalue weighted by Gasteiger charge is -2.26. The Kier molecular flexibility index (Phi) is 6.36. The molecule has 0 spiro atoms. The van der Waals surface area contributed by atoms with E-state index in [-0.39, 0.29) is 5.91 Å². The number of amides is 1. The molecule has 1 amide bonds. The number of anilines is 1. The van der Waals surface area contributed by atoms with E-state index in [0.29, 0.717) is 23.8 Å². The standard InChI is InChI=1S/C15H25N3O/c1-4-18(5-2)12(3)10-11-17-15(19)13-8-6-7-9-14(13)16/h6-9,12H,4-5,10-11,16H2,1-3H3,(H,17,19). The minimum absolute atomic E-state index is 0.0927. The second-order valence-corrected chi connectivity index (χ2v) is 4.70. The average molecular weight is 263 g/mol. The van der Waals surface area contributed by atoms with Gasteiger partial charge in [-0.1, -0.05) is 26.0 Å². The van der Waals surface area contributed by atoms with Crippen molar-refractivity contribution in [3.05, 3.63) is 29.8 Å². The van der Waals surface area contributed by atoms with Crippen LogP contribution in [0.2, 0.25) is 0 Å². The molecule has 0 saturated heterocycles. The van der Waals surface area contributed by atoms with Gasteiger partial charge in [0.15, 0.2) is 0 Å². The Bertz CT molecular complexity index is 402. The summed E-state index contributed by atoms with van der Waals surface area (Å²) in [6.45, 7) is 9.25. The fraction of sp³-hybridized carbons (Fsp3) is 0.533. The van der Waals surface area contributed by atoms with Crippen LogP contribution in [0.15, 0.2) is 24.3 Å². The average Bonchev–Trinajstić information content (AvgIpc) is 2.40. The SMILES string of the molecule is CCN(CC)C(C)CCNC(=O)c1ccccc1N. The topological polar surface area (TPSA) is 58.4 Å². The van der Waals surface area contributed by atoms with Crippen LogP contribution in [0.5, 0.6) is 0 Å². The van der Waals surface area contributed by atoms with Crippen molar-refractivity contribution in [2.75, 3.05) is 25.4 Å². The Morgan fingerprint density at radius 3 is 2.53 bits per heavy atom. The number of hydrogen-bond acceptors (Lipinski definition) is 3. The van der Waals surface area contributed by atoms with Gasteiger partial charge in [0.25, 0.3) is 5.91 Å². The van der Waals surface area contributed by atoms with Crippen molar-refractivity contribution in [2.45, 2.75) is 33.2 Å². The Hall–Kier alpha value is -1.55. The summed E-state index contributed by atoms with van der Waals surface area (Å²) in [4.78, 5) is 14.3. The van der Waals surface area contributed by atoms with Gasteiger partial charge in [-0.15, -0.1) is 0 Å². The first-order valence-corrected chi connectivity index (χ1v) is 6.96. The molecule has 0 fully saturated rings. The summed E-state index contributed by atoms with van der Waals surface area (Å²) in [7, 11) is 0. The maximum absolute atomic E-state index is 12.0. The summed E-state index contributed by atoms with van der Waals surface area (Å²) >= 11 is 0. The van der Waals surface area contributed by atoms with Crippen molar-refractivity contribution in [2.24, 2.45) is 0 Å². The van der Waals surface area contributed by atoms with E-state index >= 15 is 0 Å². The minimum atomic E-state index is -0.0927. The van der Waals surface area contributed by atoms with Gasteiger partial charge in [-0.2, -0.15) is 0 Å². The molecule has 4 nitrogen and oxygen atoms in total. The van der Waals surface area contributed by atoms with E-state index in [0.717, 1.165) is 19.5 Å². The molecule has 106 valence electrons. The fourth-order valence-corrected chi connectivity index (χ4v) is 2.22. The molecule has 0 radical (unpaired) electrons. The number of rotatable bonds is 7. The zero-order chi connectivity index (χ0) is 14.3. The molecule has 1 aromatic rings. The van der Waals surface area contributed by atoms with E-state index < -0.39 is 0 Å². The monoisotopic (exact) mass is 263 g/mol. The lowest BCUT2D eigenvalue weighted by molar-refractivity contribution is 0.0950. The van der Waals surface area contributed by atoms with Crippen molar-refractivity contribution in [1.82, 2.24) is 10.2 Å². The number of nitrogens with two attached hydrogens (primary N) is 1. The molecule has 4 heteroatoms. The van der Waals surface area contributed by atoms with Crippen LogP contribution in [0.25, 0.3) is 0 Å². The van der Waals surface area contributed by atoms with Crippen molar-refractivity contribution < 1.29 is 4.79 Å². The largest absolute Gasteiger partial charge is 0.398 e. The van der Waals surface area contributed by atoms with E-state index in [9.17, 15) is 4.79 Å². The quantitative estimate of drug-likeness (QED) is 0.741. The second-order valence-electron chi connectivity index (χ2n) is 4.70. The van der Waals surface area contributed by atoms with Crippen LogP contribution in [-0.4, -0.2) is 36.5 Å². The highest BCUT2D eigenvalue weighted by atomic mass is 16.1. The number of carbonyl (C=O) groups is 1. The number of carbonyl (C=O) groups excluding carboxylic acids is 1. The number of para-hydroxylation sites is 1. The van der Waals surface area contributed by atoms with Gasteiger partial charge in [-0.3, -0.25) is 4.79 Å². The van der Waals surface area contributed by atoms with Gasteiger partial charge in [0, 0.05) is 18.3 Å². The number of hydrogen-bond donors (Lipinski definition) is 2. The van der Waals surface area contributed by atoms with Crippen LogP contribution in [0, 0.1) is 0 Å². The Morgan fingerprint density at radius 1 is 1.32 bits per heavy atom. The Labute approximate surface area is 116 Å². The molecular weight excluding hydrogens is 238 g/mol. The third-order valence-corrected chi connectivity index (χ3v) is 3.49. The molecule has 19 heavy (non-hydrogen) atoms. The molecule has 0 aromatic heterocycles. The van der Waals surface area contributed by atoms with Crippen LogP contribution in [0.4, 0.5) is 5.69 Å². The van der Waals surface area contributed by atoms with Crippen LogP contribution in [0.1, 0.15) is 37.6 Å².